The van der Waals surface area contributed by atoms with Gasteiger partial charge in [-0.2, -0.15) is 13.2 Å². The average molecular weight is 417 g/mol. The molecule has 3 rings (SSSR count). The molecule has 114 valence electrons. The summed E-state index contributed by atoms with van der Waals surface area (Å²) in [4.78, 5) is 0. The quantitative estimate of drug-likeness (QED) is 0.521. The SMILES string of the molecule is FC(F)(F)c1cn(Cc2ccco2)c(-c2ccccc2)c1I. The topological polar surface area (TPSA) is 18.1 Å². The predicted octanol–water partition coefficient (Wildman–Crippen LogP) is 5.42. The second kappa shape index (κ2) is 5.83. The summed E-state index contributed by atoms with van der Waals surface area (Å²) in [7, 11) is 0. The maximum atomic E-state index is 13.2. The van der Waals surface area contributed by atoms with Crippen molar-refractivity contribution in [2.24, 2.45) is 0 Å². The molecule has 2 heterocycles. The van der Waals surface area contributed by atoms with Crippen LogP contribution < -0.4 is 0 Å². The van der Waals surface area contributed by atoms with Gasteiger partial charge in [0.1, 0.15) is 5.76 Å². The molecule has 2 nitrogen and oxygen atoms in total. The van der Waals surface area contributed by atoms with E-state index in [4.69, 9.17) is 4.42 Å². The Bertz CT molecular complexity index is 761. The summed E-state index contributed by atoms with van der Waals surface area (Å²) < 4.78 is 46.6. The van der Waals surface area contributed by atoms with Gasteiger partial charge < -0.3 is 8.98 Å². The molecule has 0 atom stereocenters. The Labute approximate surface area is 138 Å². The van der Waals surface area contributed by atoms with Gasteiger partial charge in [0.2, 0.25) is 0 Å². The first kappa shape index (κ1) is 15.2. The first-order chi connectivity index (χ1) is 10.5. The highest BCUT2D eigenvalue weighted by atomic mass is 127. The molecule has 0 aliphatic heterocycles. The molecule has 22 heavy (non-hydrogen) atoms. The van der Waals surface area contributed by atoms with Crippen LogP contribution in [0.3, 0.4) is 0 Å². The fourth-order valence-electron chi connectivity index (χ4n) is 2.31. The van der Waals surface area contributed by atoms with E-state index in [1.165, 1.54) is 6.26 Å². The molecular formula is C16H11F3INO. The molecule has 3 aromatic rings. The van der Waals surface area contributed by atoms with Crippen LogP contribution in [-0.2, 0) is 12.7 Å². The Morgan fingerprint density at radius 1 is 1.05 bits per heavy atom. The van der Waals surface area contributed by atoms with Gasteiger partial charge in [0.15, 0.2) is 0 Å². The summed E-state index contributed by atoms with van der Waals surface area (Å²) in [5.74, 6) is 0.609. The van der Waals surface area contributed by atoms with Gasteiger partial charge in [0.05, 0.1) is 27.6 Å². The van der Waals surface area contributed by atoms with Gasteiger partial charge in [-0.25, -0.2) is 0 Å². The molecule has 1 aromatic carbocycles. The third-order valence-corrected chi connectivity index (χ3v) is 4.37. The van der Waals surface area contributed by atoms with Gasteiger partial charge in [-0.05, 0) is 40.3 Å². The molecule has 2 aromatic heterocycles. The number of hydrogen-bond donors (Lipinski definition) is 0. The van der Waals surface area contributed by atoms with Crippen molar-refractivity contribution in [1.29, 1.82) is 0 Å². The van der Waals surface area contributed by atoms with E-state index in [2.05, 4.69) is 0 Å². The van der Waals surface area contributed by atoms with Crippen LogP contribution in [0.25, 0.3) is 11.3 Å². The van der Waals surface area contributed by atoms with Crippen molar-refractivity contribution in [3.63, 3.8) is 0 Å². The van der Waals surface area contributed by atoms with E-state index in [1.54, 1.807) is 51.4 Å². The lowest BCUT2D eigenvalue weighted by Crippen LogP contribution is -2.05. The van der Waals surface area contributed by atoms with E-state index < -0.39 is 11.7 Å². The van der Waals surface area contributed by atoms with Gasteiger partial charge in [-0.3, -0.25) is 0 Å². The summed E-state index contributed by atoms with van der Waals surface area (Å²) in [6.07, 6.45) is -1.72. The molecule has 0 fully saturated rings. The van der Waals surface area contributed by atoms with Crippen molar-refractivity contribution in [1.82, 2.24) is 4.57 Å². The van der Waals surface area contributed by atoms with E-state index >= 15 is 0 Å². The number of nitrogens with zero attached hydrogens (tertiary/aromatic N) is 1. The van der Waals surface area contributed by atoms with Gasteiger partial charge in [0.25, 0.3) is 0 Å². The summed E-state index contributed by atoms with van der Waals surface area (Å²) in [6.45, 7) is 0.253. The van der Waals surface area contributed by atoms with E-state index in [9.17, 15) is 13.2 Å². The van der Waals surface area contributed by atoms with E-state index in [0.29, 0.717) is 11.5 Å². The Morgan fingerprint density at radius 3 is 2.36 bits per heavy atom. The molecule has 0 saturated heterocycles. The van der Waals surface area contributed by atoms with Crippen molar-refractivity contribution >= 4 is 22.6 Å². The van der Waals surface area contributed by atoms with E-state index in [1.807, 2.05) is 18.2 Å². The molecule has 0 radical (unpaired) electrons. The van der Waals surface area contributed by atoms with Gasteiger partial charge in [-0.15, -0.1) is 0 Å². The van der Waals surface area contributed by atoms with Gasteiger partial charge >= 0.3 is 6.18 Å². The number of aromatic nitrogens is 1. The number of alkyl halides is 3. The molecule has 0 aliphatic rings. The van der Waals surface area contributed by atoms with Crippen LogP contribution in [0, 0.1) is 3.57 Å². The van der Waals surface area contributed by atoms with Crippen molar-refractivity contribution in [2.75, 3.05) is 0 Å². The smallest absolute Gasteiger partial charge is 0.418 e. The van der Waals surface area contributed by atoms with Crippen LogP contribution >= 0.6 is 22.6 Å². The zero-order valence-electron chi connectivity index (χ0n) is 11.3. The van der Waals surface area contributed by atoms with Crippen molar-refractivity contribution in [2.45, 2.75) is 12.7 Å². The van der Waals surface area contributed by atoms with Crippen LogP contribution in [0.2, 0.25) is 0 Å². The largest absolute Gasteiger partial charge is 0.467 e. The number of hydrogen-bond acceptors (Lipinski definition) is 1. The summed E-state index contributed by atoms with van der Waals surface area (Å²) in [6, 6.07) is 12.5. The molecule has 0 saturated carbocycles. The van der Waals surface area contributed by atoms with Crippen LogP contribution in [-0.4, -0.2) is 4.57 Å². The molecule has 0 unspecified atom stereocenters. The highest BCUT2D eigenvalue weighted by molar-refractivity contribution is 14.1. The molecule has 0 N–H and O–H groups in total. The Morgan fingerprint density at radius 2 is 1.77 bits per heavy atom. The highest BCUT2D eigenvalue weighted by Gasteiger charge is 2.36. The fourth-order valence-corrected chi connectivity index (χ4v) is 3.38. The molecule has 0 bridgehead atoms. The first-order valence-electron chi connectivity index (χ1n) is 6.50. The van der Waals surface area contributed by atoms with Crippen LogP contribution in [0.15, 0.2) is 59.3 Å². The number of rotatable bonds is 3. The molecule has 0 spiro atoms. The standard InChI is InChI=1S/C16H11F3INO/c17-16(18,19)13-10-21(9-12-7-4-8-22-12)15(14(13)20)11-5-2-1-3-6-11/h1-8,10H,9H2. The number of benzene rings is 1. The lowest BCUT2D eigenvalue weighted by molar-refractivity contribution is -0.138. The van der Waals surface area contributed by atoms with Crippen LogP contribution in [0.1, 0.15) is 11.3 Å². The molecule has 0 amide bonds. The predicted molar refractivity (Wildman–Crippen MR) is 85.4 cm³/mol. The monoisotopic (exact) mass is 417 g/mol. The van der Waals surface area contributed by atoms with Crippen LogP contribution in [0.5, 0.6) is 0 Å². The minimum absolute atomic E-state index is 0.197. The summed E-state index contributed by atoms with van der Waals surface area (Å²) in [5, 5.41) is 0. The second-order valence-corrected chi connectivity index (χ2v) is 5.86. The first-order valence-corrected chi connectivity index (χ1v) is 7.58. The molecule has 6 heteroatoms. The van der Waals surface area contributed by atoms with Gasteiger partial charge in [0, 0.05) is 6.20 Å². The van der Waals surface area contributed by atoms with Crippen molar-refractivity contribution in [3.05, 3.63) is 69.8 Å². The zero-order valence-corrected chi connectivity index (χ0v) is 13.4. The third kappa shape index (κ3) is 2.92. The second-order valence-electron chi connectivity index (χ2n) is 4.78. The van der Waals surface area contributed by atoms with E-state index in [0.717, 1.165) is 11.8 Å². The normalized spacial score (nSPS) is 11.8. The highest BCUT2D eigenvalue weighted by Crippen LogP contribution is 2.39. The lowest BCUT2D eigenvalue weighted by Gasteiger charge is -2.08. The Kier molecular flexibility index (Phi) is 4.03. The van der Waals surface area contributed by atoms with Gasteiger partial charge in [-0.1, -0.05) is 30.3 Å². The minimum atomic E-state index is -4.38. The molecular weight excluding hydrogens is 406 g/mol. The Balaban J connectivity index is 2.15. The van der Waals surface area contributed by atoms with Crippen molar-refractivity contribution < 1.29 is 17.6 Å². The summed E-state index contributed by atoms with van der Waals surface area (Å²) in [5.41, 5.74) is 0.664. The number of furan rings is 1. The third-order valence-electron chi connectivity index (χ3n) is 3.28. The average Bonchev–Trinajstić information content (AvgIpc) is 3.08. The Hall–Kier alpha value is -1.70. The summed E-state index contributed by atoms with van der Waals surface area (Å²) >= 11 is 1.76. The van der Waals surface area contributed by atoms with E-state index in [-0.39, 0.29) is 10.1 Å². The lowest BCUT2D eigenvalue weighted by atomic mass is 10.1. The van der Waals surface area contributed by atoms with Crippen molar-refractivity contribution in [3.8, 4) is 11.3 Å². The fraction of sp³-hybridized carbons (Fsp3) is 0.125. The molecule has 0 aliphatic carbocycles. The maximum absolute atomic E-state index is 13.2. The van der Waals surface area contributed by atoms with Crippen LogP contribution in [0.4, 0.5) is 13.2 Å². The maximum Gasteiger partial charge on any atom is 0.418 e. The minimum Gasteiger partial charge on any atom is -0.467 e. The zero-order chi connectivity index (χ0) is 15.7. The number of halogens is 4.